The first-order chi connectivity index (χ1) is 9.74. The molecule has 0 spiro atoms. The maximum Gasteiger partial charge on any atom is 0.144 e. The van der Waals surface area contributed by atoms with Crippen LogP contribution < -0.4 is 0 Å². The van der Waals surface area contributed by atoms with Crippen molar-refractivity contribution < 1.29 is 0 Å². The lowest BCUT2D eigenvalue weighted by molar-refractivity contribution is 1.03. The van der Waals surface area contributed by atoms with Crippen LogP contribution in [-0.2, 0) is 0 Å². The Hall–Kier alpha value is -2.62. The molecule has 0 atom stereocenters. The van der Waals surface area contributed by atoms with Crippen molar-refractivity contribution in [2.75, 3.05) is 0 Å². The van der Waals surface area contributed by atoms with E-state index in [1.165, 1.54) is 11.3 Å². The molecule has 4 rings (SSSR count). The van der Waals surface area contributed by atoms with Crippen LogP contribution in [0.15, 0.2) is 42.7 Å². The number of nitrogens with zero attached hydrogens (tertiary/aromatic N) is 3. The van der Waals surface area contributed by atoms with Gasteiger partial charge in [0.2, 0.25) is 0 Å². The van der Waals surface area contributed by atoms with E-state index >= 15 is 0 Å². The molecule has 0 bridgehead atoms. The molecular weight excluding hydrogens is 248 g/mol. The third-order valence-electron chi connectivity index (χ3n) is 3.73. The number of benzene rings is 1. The SMILES string of the molecule is Cc1cc(-n2c(C)cc3cccnc32)cc2cn[nH]c12. The van der Waals surface area contributed by atoms with Crippen LogP contribution in [0.2, 0.25) is 0 Å². The van der Waals surface area contributed by atoms with E-state index in [1.807, 2.05) is 18.5 Å². The second kappa shape index (κ2) is 3.93. The summed E-state index contributed by atoms with van der Waals surface area (Å²) in [6.07, 6.45) is 3.70. The first-order valence-corrected chi connectivity index (χ1v) is 6.61. The zero-order chi connectivity index (χ0) is 13.7. The number of hydrogen-bond acceptors (Lipinski definition) is 2. The van der Waals surface area contributed by atoms with Crippen molar-refractivity contribution in [2.24, 2.45) is 0 Å². The number of rotatable bonds is 1. The molecule has 0 aliphatic heterocycles. The maximum atomic E-state index is 4.52. The standard InChI is InChI=1S/C16H14N4/c1-10-6-14(8-13-9-18-19-15(10)13)20-11(2)7-12-4-3-5-17-16(12)20/h3-9H,1-2H3,(H,18,19). The van der Waals surface area contributed by atoms with E-state index in [1.54, 1.807) is 0 Å². The van der Waals surface area contributed by atoms with Gasteiger partial charge in [0, 0.05) is 28.4 Å². The molecule has 20 heavy (non-hydrogen) atoms. The Morgan fingerprint density at radius 1 is 1.10 bits per heavy atom. The molecule has 0 aliphatic carbocycles. The molecule has 0 unspecified atom stereocenters. The summed E-state index contributed by atoms with van der Waals surface area (Å²) in [6, 6.07) is 10.5. The molecule has 0 aliphatic rings. The summed E-state index contributed by atoms with van der Waals surface area (Å²) in [6.45, 7) is 4.20. The van der Waals surface area contributed by atoms with Gasteiger partial charge in [0.1, 0.15) is 5.65 Å². The number of pyridine rings is 1. The highest BCUT2D eigenvalue weighted by atomic mass is 15.1. The van der Waals surface area contributed by atoms with Crippen molar-refractivity contribution in [1.29, 1.82) is 0 Å². The first kappa shape index (κ1) is 11.2. The summed E-state index contributed by atoms with van der Waals surface area (Å²) >= 11 is 0. The highest BCUT2D eigenvalue weighted by molar-refractivity contribution is 5.85. The number of aromatic nitrogens is 4. The molecule has 4 nitrogen and oxygen atoms in total. The third kappa shape index (κ3) is 1.48. The lowest BCUT2D eigenvalue weighted by atomic mass is 10.1. The summed E-state index contributed by atoms with van der Waals surface area (Å²) in [5, 5.41) is 9.44. The van der Waals surface area contributed by atoms with Crippen LogP contribution in [-0.4, -0.2) is 19.7 Å². The van der Waals surface area contributed by atoms with Crippen LogP contribution in [0.25, 0.3) is 27.6 Å². The van der Waals surface area contributed by atoms with E-state index in [2.05, 4.69) is 57.9 Å². The van der Waals surface area contributed by atoms with Crippen molar-refractivity contribution in [3.8, 4) is 5.69 Å². The number of H-pyrrole nitrogens is 1. The highest BCUT2D eigenvalue weighted by Crippen LogP contribution is 2.26. The van der Waals surface area contributed by atoms with Crippen molar-refractivity contribution in [1.82, 2.24) is 19.7 Å². The molecule has 0 radical (unpaired) electrons. The fourth-order valence-electron chi connectivity index (χ4n) is 2.84. The van der Waals surface area contributed by atoms with Gasteiger partial charge in [-0.3, -0.25) is 9.67 Å². The zero-order valence-electron chi connectivity index (χ0n) is 11.4. The minimum atomic E-state index is 0.993. The van der Waals surface area contributed by atoms with Crippen molar-refractivity contribution in [3.63, 3.8) is 0 Å². The summed E-state index contributed by atoms with van der Waals surface area (Å²) in [5.41, 5.74) is 5.58. The molecule has 4 aromatic rings. The number of aromatic amines is 1. The average Bonchev–Trinajstić information content (AvgIpc) is 3.01. The van der Waals surface area contributed by atoms with Gasteiger partial charge in [0.15, 0.2) is 0 Å². The van der Waals surface area contributed by atoms with Crippen molar-refractivity contribution in [3.05, 3.63) is 54.0 Å². The Bertz CT molecular complexity index is 930. The lowest BCUT2D eigenvalue weighted by Crippen LogP contribution is -1.98. The van der Waals surface area contributed by atoms with Crippen molar-refractivity contribution >= 4 is 21.9 Å². The molecule has 0 fully saturated rings. The van der Waals surface area contributed by atoms with E-state index in [0.29, 0.717) is 0 Å². The van der Waals surface area contributed by atoms with E-state index in [9.17, 15) is 0 Å². The fraction of sp³-hybridized carbons (Fsp3) is 0.125. The summed E-state index contributed by atoms with van der Waals surface area (Å²) < 4.78 is 2.19. The number of hydrogen-bond donors (Lipinski definition) is 1. The third-order valence-corrected chi connectivity index (χ3v) is 3.73. The van der Waals surface area contributed by atoms with Gasteiger partial charge in [0.05, 0.1) is 11.7 Å². The average molecular weight is 262 g/mol. The number of nitrogens with one attached hydrogen (secondary N) is 1. The topological polar surface area (TPSA) is 46.5 Å². The Labute approximate surface area is 116 Å². The van der Waals surface area contributed by atoms with Gasteiger partial charge >= 0.3 is 0 Å². The van der Waals surface area contributed by atoms with Crippen LogP contribution in [0.4, 0.5) is 0 Å². The van der Waals surface area contributed by atoms with Crippen LogP contribution in [0, 0.1) is 13.8 Å². The fourth-order valence-corrected chi connectivity index (χ4v) is 2.84. The molecule has 3 aromatic heterocycles. The van der Waals surface area contributed by atoms with Crippen LogP contribution in [0.5, 0.6) is 0 Å². The second-order valence-corrected chi connectivity index (χ2v) is 5.13. The van der Waals surface area contributed by atoms with Crippen LogP contribution in [0.3, 0.4) is 0 Å². The Morgan fingerprint density at radius 2 is 2.00 bits per heavy atom. The summed E-state index contributed by atoms with van der Waals surface area (Å²) in [7, 11) is 0. The lowest BCUT2D eigenvalue weighted by Gasteiger charge is -2.09. The van der Waals surface area contributed by atoms with Crippen LogP contribution >= 0.6 is 0 Å². The van der Waals surface area contributed by atoms with E-state index in [4.69, 9.17) is 0 Å². The minimum absolute atomic E-state index is 0.993. The Kier molecular flexibility index (Phi) is 2.21. The molecule has 1 aromatic carbocycles. The smallest absolute Gasteiger partial charge is 0.144 e. The van der Waals surface area contributed by atoms with Gasteiger partial charge in [-0.2, -0.15) is 5.10 Å². The number of aryl methyl sites for hydroxylation is 2. The highest BCUT2D eigenvalue weighted by Gasteiger charge is 2.10. The molecule has 4 heteroatoms. The number of fused-ring (bicyclic) bond motifs is 2. The van der Waals surface area contributed by atoms with Gasteiger partial charge < -0.3 is 0 Å². The van der Waals surface area contributed by atoms with Gasteiger partial charge in [-0.1, -0.05) is 0 Å². The van der Waals surface area contributed by atoms with Gasteiger partial charge in [-0.05, 0) is 49.7 Å². The first-order valence-electron chi connectivity index (χ1n) is 6.61. The van der Waals surface area contributed by atoms with Gasteiger partial charge in [-0.15, -0.1) is 0 Å². The van der Waals surface area contributed by atoms with E-state index in [-0.39, 0.29) is 0 Å². The molecule has 0 amide bonds. The molecule has 98 valence electrons. The van der Waals surface area contributed by atoms with Crippen molar-refractivity contribution in [2.45, 2.75) is 13.8 Å². The minimum Gasteiger partial charge on any atom is -0.299 e. The predicted molar refractivity (Wildman–Crippen MR) is 80.2 cm³/mol. The zero-order valence-corrected chi connectivity index (χ0v) is 11.4. The van der Waals surface area contributed by atoms with Gasteiger partial charge in [0.25, 0.3) is 0 Å². The Balaban J connectivity index is 2.08. The second-order valence-electron chi connectivity index (χ2n) is 5.13. The predicted octanol–water partition coefficient (Wildman–Crippen LogP) is 3.52. The maximum absolute atomic E-state index is 4.52. The Morgan fingerprint density at radius 3 is 2.90 bits per heavy atom. The largest absolute Gasteiger partial charge is 0.299 e. The quantitative estimate of drug-likeness (QED) is 0.570. The van der Waals surface area contributed by atoms with Gasteiger partial charge in [-0.25, -0.2) is 4.98 Å². The van der Waals surface area contributed by atoms with E-state index < -0.39 is 0 Å². The van der Waals surface area contributed by atoms with Crippen LogP contribution in [0.1, 0.15) is 11.3 Å². The summed E-state index contributed by atoms with van der Waals surface area (Å²) in [4.78, 5) is 4.52. The molecular formula is C16H14N4. The summed E-state index contributed by atoms with van der Waals surface area (Å²) in [5.74, 6) is 0. The molecule has 1 N–H and O–H groups in total. The molecule has 3 heterocycles. The van der Waals surface area contributed by atoms with E-state index in [0.717, 1.165) is 27.6 Å². The molecule has 0 saturated heterocycles. The monoisotopic (exact) mass is 262 g/mol. The normalized spacial score (nSPS) is 11.5. The molecule has 0 saturated carbocycles.